The standard InChI is InChI=1S/C11H17ClN2S/c1-14(5-4-9-6-13-7-9)8-10-2-3-11(12)15-10/h2-3,9,13H,4-8H2,1H3. The van der Waals surface area contributed by atoms with E-state index in [2.05, 4.69) is 23.3 Å². The summed E-state index contributed by atoms with van der Waals surface area (Å²) in [5.74, 6) is 0.902. The van der Waals surface area contributed by atoms with E-state index in [1.165, 1.54) is 30.9 Å². The molecular formula is C11H17ClN2S. The first-order valence-electron chi connectivity index (χ1n) is 5.37. The zero-order chi connectivity index (χ0) is 10.7. The van der Waals surface area contributed by atoms with Gasteiger partial charge in [0.15, 0.2) is 0 Å². The summed E-state index contributed by atoms with van der Waals surface area (Å²) in [4.78, 5) is 3.73. The van der Waals surface area contributed by atoms with Crippen LogP contribution < -0.4 is 5.32 Å². The van der Waals surface area contributed by atoms with Crippen molar-refractivity contribution in [2.24, 2.45) is 5.92 Å². The van der Waals surface area contributed by atoms with E-state index in [-0.39, 0.29) is 0 Å². The Labute approximate surface area is 100 Å². The molecule has 1 saturated heterocycles. The van der Waals surface area contributed by atoms with Gasteiger partial charge in [-0.25, -0.2) is 0 Å². The monoisotopic (exact) mass is 244 g/mol. The van der Waals surface area contributed by atoms with E-state index in [0.717, 1.165) is 16.8 Å². The molecule has 0 bridgehead atoms. The molecule has 0 radical (unpaired) electrons. The summed E-state index contributed by atoms with van der Waals surface area (Å²) in [6.07, 6.45) is 1.31. The van der Waals surface area contributed by atoms with Crippen LogP contribution in [0.2, 0.25) is 4.34 Å². The number of rotatable bonds is 5. The number of hydrogen-bond donors (Lipinski definition) is 1. The summed E-state index contributed by atoms with van der Waals surface area (Å²) in [6, 6.07) is 4.10. The molecule has 1 fully saturated rings. The van der Waals surface area contributed by atoms with E-state index in [9.17, 15) is 0 Å². The Bertz CT molecular complexity index is 309. The topological polar surface area (TPSA) is 15.3 Å². The van der Waals surface area contributed by atoms with Crippen LogP contribution in [-0.4, -0.2) is 31.6 Å². The van der Waals surface area contributed by atoms with Crippen molar-refractivity contribution in [3.8, 4) is 0 Å². The van der Waals surface area contributed by atoms with Crippen molar-refractivity contribution in [3.05, 3.63) is 21.3 Å². The number of nitrogens with one attached hydrogen (secondary N) is 1. The fourth-order valence-electron chi connectivity index (χ4n) is 1.74. The Morgan fingerprint density at radius 1 is 1.53 bits per heavy atom. The highest BCUT2D eigenvalue weighted by Gasteiger charge is 2.16. The van der Waals surface area contributed by atoms with Crippen LogP contribution in [0.1, 0.15) is 11.3 Å². The van der Waals surface area contributed by atoms with Crippen LogP contribution in [0.3, 0.4) is 0 Å². The Morgan fingerprint density at radius 2 is 2.33 bits per heavy atom. The van der Waals surface area contributed by atoms with E-state index < -0.39 is 0 Å². The molecule has 1 aliphatic heterocycles. The van der Waals surface area contributed by atoms with Crippen molar-refractivity contribution >= 4 is 22.9 Å². The SMILES string of the molecule is CN(CCC1CNC1)Cc1ccc(Cl)s1. The maximum absolute atomic E-state index is 5.89. The first-order valence-corrected chi connectivity index (χ1v) is 6.57. The van der Waals surface area contributed by atoms with Gasteiger partial charge in [-0.2, -0.15) is 0 Å². The van der Waals surface area contributed by atoms with Crippen molar-refractivity contribution in [1.29, 1.82) is 0 Å². The molecule has 0 amide bonds. The third-order valence-corrected chi connectivity index (χ3v) is 4.06. The van der Waals surface area contributed by atoms with Crippen LogP contribution in [0.4, 0.5) is 0 Å². The van der Waals surface area contributed by atoms with E-state index in [1.807, 2.05) is 6.07 Å². The maximum Gasteiger partial charge on any atom is 0.0931 e. The van der Waals surface area contributed by atoms with Crippen molar-refractivity contribution in [3.63, 3.8) is 0 Å². The maximum atomic E-state index is 5.89. The largest absolute Gasteiger partial charge is 0.316 e. The summed E-state index contributed by atoms with van der Waals surface area (Å²) < 4.78 is 0.890. The average Bonchev–Trinajstić information content (AvgIpc) is 2.48. The lowest BCUT2D eigenvalue weighted by molar-refractivity contribution is 0.253. The molecule has 4 heteroatoms. The van der Waals surface area contributed by atoms with Gasteiger partial charge in [-0.3, -0.25) is 0 Å². The van der Waals surface area contributed by atoms with Crippen LogP contribution in [0.15, 0.2) is 12.1 Å². The first kappa shape index (κ1) is 11.4. The zero-order valence-corrected chi connectivity index (χ0v) is 10.6. The molecule has 1 aromatic heterocycles. The molecular weight excluding hydrogens is 228 g/mol. The summed E-state index contributed by atoms with van der Waals surface area (Å²) >= 11 is 7.58. The summed E-state index contributed by atoms with van der Waals surface area (Å²) in [6.45, 7) is 4.62. The number of thiophene rings is 1. The molecule has 0 spiro atoms. The minimum Gasteiger partial charge on any atom is -0.316 e. The molecule has 2 nitrogen and oxygen atoms in total. The van der Waals surface area contributed by atoms with Gasteiger partial charge in [0.05, 0.1) is 4.34 Å². The second kappa shape index (κ2) is 5.30. The Balaban J connectivity index is 1.69. The highest BCUT2D eigenvalue weighted by molar-refractivity contribution is 7.16. The number of hydrogen-bond acceptors (Lipinski definition) is 3. The smallest absolute Gasteiger partial charge is 0.0931 e. The van der Waals surface area contributed by atoms with E-state index in [4.69, 9.17) is 11.6 Å². The molecule has 15 heavy (non-hydrogen) atoms. The zero-order valence-electron chi connectivity index (χ0n) is 9.00. The lowest BCUT2D eigenvalue weighted by Crippen LogP contribution is -2.43. The lowest BCUT2D eigenvalue weighted by atomic mass is 9.99. The van der Waals surface area contributed by atoms with Gasteiger partial charge in [0, 0.05) is 11.4 Å². The van der Waals surface area contributed by atoms with E-state index >= 15 is 0 Å². The van der Waals surface area contributed by atoms with Crippen molar-refractivity contribution in [2.75, 3.05) is 26.7 Å². The quantitative estimate of drug-likeness (QED) is 0.856. The summed E-state index contributed by atoms with van der Waals surface area (Å²) in [7, 11) is 2.18. The Kier molecular flexibility index (Phi) is 4.03. The van der Waals surface area contributed by atoms with Gasteiger partial charge in [0.25, 0.3) is 0 Å². The van der Waals surface area contributed by atoms with Crippen molar-refractivity contribution in [1.82, 2.24) is 10.2 Å². The van der Waals surface area contributed by atoms with Gasteiger partial charge in [-0.1, -0.05) is 11.6 Å². The highest BCUT2D eigenvalue weighted by atomic mass is 35.5. The molecule has 1 aliphatic rings. The Morgan fingerprint density at radius 3 is 2.87 bits per heavy atom. The molecule has 0 atom stereocenters. The second-order valence-electron chi connectivity index (χ2n) is 4.26. The minimum absolute atomic E-state index is 0.890. The summed E-state index contributed by atoms with van der Waals surface area (Å²) in [5, 5.41) is 3.30. The molecule has 0 aromatic carbocycles. The van der Waals surface area contributed by atoms with E-state index in [0.29, 0.717) is 0 Å². The number of halogens is 1. The fraction of sp³-hybridized carbons (Fsp3) is 0.636. The third kappa shape index (κ3) is 3.45. The second-order valence-corrected chi connectivity index (χ2v) is 6.06. The molecule has 84 valence electrons. The Hall–Kier alpha value is -0.0900. The van der Waals surface area contributed by atoms with Crippen LogP contribution in [0.25, 0.3) is 0 Å². The molecule has 0 saturated carbocycles. The third-order valence-electron chi connectivity index (χ3n) is 2.84. The van der Waals surface area contributed by atoms with Gasteiger partial charge >= 0.3 is 0 Å². The fourth-order valence-corrected chi connectivity index (χ4v) is 2.91. The molecule has 0 unspecified atom stereocenters. The number of nitrogens with zero attached hydrogens (tertiary/aromatic N) is 1. The van der Waals surface area contributed by atoms with Gasteiger partial charge in [0.2, 0.25) is 0 Å². The van der Waals surface area contributed by atoms with Gasteiger partial charge in [-0.05, 0) is 51.2 Å². The summed E-state index contributed by atoms with van der Waals surface area (Å²) in [5.41, 5.74) is 0. The van der Waals surface area contributed by atoms with Crippen LogP contribution in [-0.2, 0) is 6.54 Å². The van der Waals surface area contributed by atoms with Gasteiger partial charge in [-0.15, -0.1) is 11.3 Å². The normalized spacial score (nSPS) is 17.0. The molecule has 1 aromatic rings. The van der Waals surface area contributed by atoms with Crippen molar-refractivity contribution in [2.45, 2.75) is 13.0 Å². The van der Waals surface area contributed by atoms with Crippen LogP contribution in [0, 0.1) is 5.92 Å². The lowest BCUT2D eigenvalue weighted by Gasteiger charge is -2.28. The first-order chi connectivity index (χ1) is 7.24. The molecule has 0 aliphatic carbocycles. The van der Waals surface area contributed by atoms with Gasteiger partial charge in [0.1, 0.15) is 0 Å². The van der Waals surface area contributed by atoms with Crippen LogP contribution in [0.5, 0.6) is 0 Å². The van der Waals surface area contributed by atoms with Crippen LogP contribution >= 0.6 is 22.9 Å². The van der Waals surface area contributed by atoms with Gasteiger partial charge < -0.3 is 10.2 Å². The highest BCUT2D eigenvalue weighted by Crippen LogP contribution is 2.22. The molecule has 1 N–H and O–H groups in total. The predicted molar refractivity (Wildman–Crippen MR) is 66.6 cm³/mol. The molecule has 2 rings (SSSR count). The van der Waals surface area contributed by atoms with Crippen molar-refractivity contribution < 1.29 is 0 Å². The molecule has 2 heterocycles. The van der Waals surface area contributed by atoms with E-state index in [1.54, 1.807) is 11.3 Å². The predicted octanol–water partition coefficient (Wildman–Crippen LogP) is 2.44. The average molecular weight is 245 g/mol. The minimum atomic E-state index is 0.890.